The first-order valence-electron chi connectivity index (χ1n) is 11.0. The van der Waals surface area contributed by atoms with Crippen molar-refractivity contribution in [3.8, 4) is 5.75 Å². The molecule has 0 saturated carbocycles. The van der Waals surface area contributed by atoms with E-state index in [1.54, 1.807) is 11.2 Å². The molecule has 1 aromatic carbocycles. The monoisotopic (exact) mass is 441 g/mol. The van der Waals surface area contributed by atoms with E-state index in [-0.39, 0.29) is 12.5 Å². The zero-order valence-electron chi connectivity index (χ0n) is 18.5. The fourth-order valence-electron chi connectivity index (χ4n) is 4.00. The molecule has 2 N–H and O–H groups in total. The van der Waals surface area contributed by atoms with E-state index in [1.807, 2.05) is 37.3 Å². The lowest BCUT2D eigenvalue weighted by Crippen LogP contribution is -2.43. The molecule has 1 atom stereocenters. The Labute approximate surface area is 188 Å². The van der Waals surface area contributed by atoms with E-state index in [2.05, 4.69) is 20.2 Å². The lowest BCUT2D eigenvalue weighted by atomic mass is 10.0. The fraction of sp³-hybridized carbons (Fsp3) is 0.522. The van der Waals surface area contributed by atoms with Gasteiger partial charge in [0.1, 0.15) is 17.9 Å². The van der Waals surface area contributed by atoms with Crippen molar-refractivity contribution in [1.82, 2.24) is 20.2 Å². The maximum absolute atomic E-state index is 12.2. The van der Waals surface area contributed by atoms with Crippen LogP contribution >= 0.6 is 0 Å². The van der Waals surface area contributed by atoms with Crippen LogP contribution in [0.5, 0.6) is 5.75 Å². The van der Waals surface area contributed by atoms with E-state index in [9.17, 15) is 9.90 Å². The predicted molar refractivity (Wildman–Crippen MR) is 120 cm³/mol. The number of aliphatic hydroxyl groups is 1. The molecule has 32 heavy (non-hydrogen) atoms. The number of benzene rings is 1. The molecule has 1 unspecified atom stereocenters. The van der Waals surface area contributed by atoms with Crippen molar-refractivity contribution in [2.45, 2.75) is 25.5 Å². The van der Waals surface area contributed by atoms with Crippen molar-refractivity contribution in [2.24, 2.45) is 0 Å². The molecule has 1 aromatic heterocycles. The molecule has 0 radical (unpaired) electrons. The van der Waals surface area contributed by atoms with Gasteiger partial charge in [0.15, 0.2) is 6.61 Å². The predicted octanol–water partition coefficient (Wildman–Crippen LogP) is 0.754. The summed E-state index contributed by atoms with van der Waals surface area (Å²) in [4.78, 5) is 24.5. The van der Waals surface area contributed by atoms with Gasteiger partial charge >= 0.3 is 0 Å². The number of amides is 1. The van der Waals surface area contributed by atoms with Crippen molar-refractivity contribution in [3.05, 3.63) is 47.9 Å². The van der Waals surface area contributed by atoms with Crippen LogP contribution in [0.3, 0.4) is 0 Å². The summed E-state index contributed by atoms with van der Waals surface area (Å²) in [6.45, 7) is 6.83. The molecule has 1 amide bonds. The summed E-state index contributed by atoms with van der Waals surface area (Å²) in [7, 11) is 0. The number of nitrogens with one attached hydrogen (secondary N) is 1. The summed E-state index contributed by atoms with van der Waals surface area (Å²) in [6.07, 6.45) is 2.25. The summed E-state index contributed by atoms with van der Waals surface area (Å²) >= 11 is 0. The largest absolute Gasteiger partial charge is 0.484 e. The number of hydrogen-bond donors (Lipinski definition) is 2. The molecule has 2 saturated heterocycles. The van der Waals surface area contributed by atoms with E-state index >= 15 is 0 Å². The van der Waals surface area contributed by atoms with Gasteiger partial charge in [0.2, 0.25) is 0 Å². The number of rotatable bonds is 8. The molecule has 2 aliphatic rings. The third-order valence-corrected chi connectivity index (χ3v) is 5.88. The van der Waals surface area contributed by atoms with Crippen LogP contribution in [0.4, 0.5) is 5.82 Å². The number of carbonyl (C=O) groups is 1. The minimum atomic E-state index is -0.790. The molecule has 2 aromatic rings. The van der Waals surface area contributed by atoms with E-state index in [4.69, 9.17) is 9.47 Å². The summed E-state index contributed by atoms with van der Waals surface area (Å²) < 4.78 is 10.9. The summed E-state index contributed by atoms with van der Waals surface area (Å²) in [5, 5.41) is 14.3. The van der Waals surface area contributed by atoms with Gasteiger partial charge in [0, 0.05) is 51.0 Å². The number of aryl methyl sites for hydroxylation is 1. The highest BCUT2D eigenvalue weighted by molar-refractivity contribution is 5.77. The van der Waals surface area contributed by atoms with Gasteiger partial charge in [-0.05, 0) is 31.0 Å². The van der Waals surface area contributed by atoms with E-state index < -0.39 is 5.60 Å². The zero-order chi connectivity index (χ0) is 22.4. The zero-order valence-corrected chi connectivity index (χ0v) is 18.5. The van der Waals surface area contributed by atoms with Gasteiger partial charge in [-0.3, -0.25) is 4.79 Å². The van der Waals surface area contributed by atoms with Crippen LogP contribution in [0.2, 0.25) is 0 Å². The second-order valence-electron chi connectivity index (χ2n) is 8.44. The second-order valence-corrected chi connectivity index (χ2v) is 8.44. The van der Waals surface area contributed by atoms with Gasteiger partial charge in [-0.1, -0.05) is 12.1 Å². The van der Waals surface area contributed by atoms with Crippen LogP contribution in [0.15, 0.2) is 36.7 Å². The second kappa shape index (κ2) is 10.2. The van der Waals surface area contributed by atoms with Crippen LogP contribution in [0.1, 0.15) is 17.7 Å². The quantitative estimate of drug-likeness (QED) is 0.619. The highest BCUT2D eigenvalue weighted by Gasteiger charge is 2.36. The van der Waals surface area contributed by atoms with E-state index in [1.165, 1.54) is 0 Å². The first kappa shape index (κ1) is 22.4. The lowest BCUT2D eigenvalue weighted by molar-refractivity contribution is -0.137. The van der Waals surface area contributed by atoms with E-state index in [0.29, 0.717) is 58.1 Å². The van der Waals surface area contributed by atoms with Gasteiger partial charge in [-0.2, -0.15) is 0 Å². The summed E-state index contributed by atoms with van der Waals surface area (Å²) in [5.74, 6) is 1.51. The van der Waals surface area contributed by atoms with Crippen molar-refractivity contribution in [3.63, 3.8) is 0 Å². The first-order valence-corrected chi connectivity index (χ1v) is 11.0. The molecule has 2 aliphatic heterocycles. The number of β-amino-alcohol motifs (C(OH)–C–C–N with tert-alkyl or cyclic N) is 1. The molecular formula is C23H31N5O4. The van der Waals surface area contributed by atoms with Gasteiger partial charge < -0.3 is 29.7 Å². The molecule has 0 aliphatic carbocycles. The Hall–Kier alpha value is -2.75. The Morgan fingerprint density at radius 3 is 2.75 bits per heavy atom. The Morgan fingerprint density at radius 2 is 2.00 bits per heavy atom. The van der Waals surface area contributed by atoms with Gasteiger partial charge in [0.25, 0.3) is 5.91 Å². The Bertz CT molecular complexity index is 904. The van der Waals surface area contributed by atoms with Crippen molar-refractivity contribution >= 4 is 11.7 Å². The highest BCUT2D eigenvalue weighted by atomic mass is 16.5. The van der Waals surface area contributed by atoms with E-state index in [0.717, 1.165) is 23.6 Å². The normalized spacial score (nSPS) is 21.1. The Balaban J connectivity index is 1.19. The minimum absolute atomic E-state index is 0.0185. The number of anilines is 1. The average molecular weight is 442 g/mol. The fourth-order valence-corrected chi connectivity index (χ4v) is 4.00. The number of nitrogens with zero attached hydrogens (tertiary/aromatic N) is 4. The number of carbonyl (C=O) groups excluding carboxylic acids is 1. The van der Waals surface area contributed by atoms with Crippen LogP contribution in [0.25, 0.3) is 0 Å². The van der Waals surface area contributed by atoms with Gasteiger partial charge in [-0.25, -0.2) is 9.97 Å². The Morgan fingerprint density at radius 1 is 1.22 bits per heavy atom. The molecule has 0 spiro atoms. The van der Waals surface area contributed by atoms with Crippen molar-refractivity contribution < 1.29 is 19.4 Å². The molecule has 0 bridgehead atoms. The topological polar surface area (TPSA) is 100 Å². The molecule has 172 valence electrons. The smallest absolute Gasteiger partial charge is 0.260 e. The highest BCUT2D eigenvalue weighted by Crippen LogP contribution is 2.25. The number of ether oxygens (including phenoxy) is 2. The number of morpholine rings is 1. The molecular weight excluding hydrogens is 410 g/mol. The first-order chi connectivity index (χ1) is 15.5. The van der Waals surface area contributed by atoms with Crippen molar-refractivity contribution in [2.75, 3.05) is 57.4 Å². The lowest BCUT2D eigenvalue weighted by Gasteiger charge is -2.26. The Kier molecular flexibility index (Phi) is 7.19. The summed E-state index contributed by atoms with van der Waals surface area (Å²) in [5.41, 5.74) is 1.21. The molecule has 9 heteroatoms. The standard InChI is InChI=1S/C23H31N5O4/c1-18-12-21(26-17-25-18)28-7-6-23(30,16-28)15-24-13-19-2-4-20(5-3-19)32-14-22(29)27-8-10-31-11-9-27/h2-5,12,17,24,30H,6-11,13-16H2,1H3. The van der Waals surface area contributed by atoms with Gasteiger partial charge in [-0.15, -0.1) is 0 Å². The minimum Gasteiger partial charge on any atom is -0.484 e. The van der Waals surface area contributed by atoms with Crippen molar-refractivity contribution in [1.29, 1.82) is 0 Å². The van der Waals surface area contributed by atoms with Crippen LogP contribution < -0.4 is 15.0 Å². The number of hydrogen-bond acceptors (Lipinski definition) is 8. The third kappa shape index (κ3) is 5.93. The number of aromatic nitrogens is 2. The summed E-state index contributed by atoms with van der Waals surface area (Å²) in [6, 6.07) is 9.61. The van der Waals surface area contributed by atoms with Crippen LogP contribution in [0, 0.1) is 6.92 Å². The molecule has 3 heterocycles. The molecule has 2 fully saturated rings. The van der Waals surface area contributed by atoms with Gasteiger partial charge in [0.05, 0.1) is 18.8 Å². The third-order valence-electron chi connectivity index (χ3n) is 5.88. The van der Waals surface area contributed by atoms with Crippen LogP contribution in [-0.4, -0.2) is 84.0 Å². The maximum Gasteiger partial charge on any atom is 0.260 e. The molecule has 9 nitrogen and oxygen atoms in total. The maximum atomic E-state index is 12.2. The average Bonchev–Trinajstić information content (AvgIpc) is 3.21. The SMILES string of the molecule is Cc1cc(N2CCC(O)(CNCc3ccc(OCC(=O)N4CCOCC4)cc3)C2)ncn1. The van der Waals surface area contributed by atoms with Crippen LogP contribution in [-0.2, 0) is 16.1 Å². The molecule has 4 rings (SSSR count).